The highest BCUT2D eigenvalue weighted by Gasteiger charge is 2.15. The summed E-state index contributed by atoms with van der Waals surface area (Å²) < 4.78 is 5.11. The number of para-hydroxylation sites is 1. The first-order valence-electron chi connectivity index (χ1n) is 9.58. The second-order valence-corrected chi connectivity index (χ2v) is 6.57. The van der Waals surface area contributed by atoms with Gasteiger partial charge in [0.15, 0.2) is 0 Å². The van der Waals surface area contributed by atoms with Gasteiger partial charge in [-0.25, -0.2) is 4.79 Å². The third-order valence-corrected chi connectivity index (χ3v) is 4.76. The van der Waals surface area contributed by atoms with Gasteiger partial charge in [-0.3, -0.25) is 0 Å². The summed E-state index contributed by atoms with van der Waals surface area (Å²) in [6.45, 7) is 4.64. The predicted molar refractivity (Wildman–Crippen MR) is 114 cm³/mol. The van der Waals surface area contributed by atoms with Gasteiger partial charge in [-0.2, -0.15) is 5.26 Å². The van der Waals surface area contributed by atoms with E-state index in [2.05, 4.69) is 23.3 Å². The van der Waals surface area contributed by atoms with E-state index in [0.29, 0.717) is 35.8 Å². The smallest absolute Gasteiger partial charge is 0.340 e. The predicted octanol–water partition coefficient (Wildman–Crippen LogP) is 4.49. The van der Waals surface area contributed by atoms with E-state index >= 15 is 0 Å². The van der Waals surface area contributed by atoms with Gasteiger partial charge < -0.3 is 20.8 Å². The number of H-pyrrole nitrogens is 1. The number of benzene rings is 2. The molecule has 6 nitrogen and oxygen atoms in total. The molecule has 0 saturated heterocycles. The molecule has 0 radical (unpaired) electrons. The number of nitriles is 1. The van der Waals surface area contributed by atoms with Gasteiger partial charge in [0.05, 0.1) is 23.5 Å². The summed E-state index contributed by atoms with van der Waals surface area (Å²) in [6, 6.07) is 15.4. The highest BCUT2D eigenvalue weighted by molar-refractivity contribution is 5.98. The van der Waals surface area contributed by atoms with Crippen LogP contribution in [0.3, 0.4) is 0 Å². The largest absolute Gasteiger partial charge is 0.462 e. The van der Waals surface area contributed by atoms with Gasteiger partial charge in [-0.15, -0.1) is 0 Å². The van der Waals surface area contributed by atoms with E-state index in [4.69, 9.17) is 10.5 Å². The van der Waals surface area contributed by atoms with Crippen molar-refractivity contribution in [2.24, 2.45) is 0 Å². The topological polar surface area (TPSA) is 104 Å². The molecular weight excluding hydrogens is 364 g/mol. The fourth-order valence-corrected chi connectivity index (χ4v) is 3.29. The minimum Gasteiger partial charge on any atom is -0.462 e. The van der Waals surface area contributed by atoms with Crippen molar-refractivity contribution in [3.8, 4) is 17.2 Å². The lowest BCUT2D eigenvalue weighted by Gasteiger charge is -2.14. The molecule has 0 amide bonds. The fourth-order valence-electron chi connectivity index (χ4n) is 3.29. The Morgan fingerprint density at radius 1 is 1.21 bits per heavy atom. The quantitative estimate of drug-likeness (QED) is 0.409. The van der Waals surface area contributed by atoms with Crippen LogP contribution in [0.25, 0.3) is 11.1 Å². The first-order valence-corrected chi connectivity index (χ1v) is 9.58. The number of aromatic nitrogens is 1. The maximum atomic E-state index is 12.2. The van der Waals surface area contributed by atoms with E-state index < -0.39 is 5.97 Å². The molecule has 29 heavy (non-hydrogen) atoms. The number of nitrogen functional groups attached to an aromatic ring is 1. The van der Waals surface area contributed by atoms with E-state index in [1.54, 1.807) is 25.1 Å². The van der Waals surface area contributed by atoms with E-state index in [0.717, 1.165) is 28.7 Å². The number of rotatable bonds is 7. The zero-order chi connectivity index (χ0) is 20.8. The van der Waals surface area contributed by atoms with Crippen LogP contribution in [0.15, 0.2) is 48.7 Å². The van der Waals surface area contributed by atoms with Crippen LogP contribution >= 0.6 is 0 Å². The van der Waals surface area contributed by atoms with E-state index in [9.17, 15) is 10.1 Å². The summed E-state index contributed by atoms with van der Waals surface area (Å²) in [5.41, 5.74) is 12.2. The Labute approximate surface area is 170 Å². The molecule has 1 aromatic heterocycles. The van der Waals surface area contributed by atoms with Crippen molar-refractivity contribution in [1.82, 2.24) is 4.98 Å². The normalized spacial score (nSPS) is 10.4. The van der Waals surface area contributed by atoms with E-state index in [1.807, 2.05) is 30.5 Å². The number of ether oxygens (including phenoxy) is 1. The maximum absolute atomic E-state index is 12.2. The van der Waals surface area contributed by atoms with Crippen LogP contribution in [0.4, 0.5) is 11.4 Å². The van der Waals surface area contributed by atoms with Crippen LogP contribution in [0.2, 0.25) is 0 Å². The van der Waals surface area contributed by atoms with E-state index in [-0.39, 0.29) is 0 Å². The summed E-state index contributed by atoms with van der Waals surface area (Å²) in [5, 5.41) is 12.6. The van der Waals surface area contributed by atoms with Crippen LogP contribution in [-0.4, -0.2) is 17.6 Å². The van der Waals surface area contributed by atoms with Gasteiger partial charge in [0.2, 0.25) is 0 Å². The number of hydrogen-bond acceptors (Lipinski definition) is 5. The Hall–Kier alpha value is -3.72. The van der Waals surface area contributed by atoms with E-state index in [1.165, 1.54) is 0 Å². The minimum atomic E-state index is -0.402. The number of carbonyl (C=O) groups excluding carboxylic acids is 1. The van der Waals surface area contributed by atoms with Gasteiger partial charge in [0.1, 0.15) is 11.8 Å². The first-order chi connectivity index (χ1) is 14.1. The van der Waals surface area contributed by atoms with Gasteiger partial charge in [-0.1, -0.05) is 37.3 Å². The van der Waals surface area contributed by atoms with Crippen molar-refractivity contribution in [3.63, 3.8) is 0 Å². The minimum absolute atomic E-state index is 0.304. The number of nitrogens with two attached hydrogens (primary N) is 1. The number of esters is 1. The molecule has 0 bridgehead atoms. The molecular formula is C23H24N4O2. The molecule has 1 heterocycles. The molecule has 3 rings (SSSR count). The zero-order valence-electron chi connectivity index (χ0n) is 16.6. The molecule has 0 aliphatic carbocycles. The fraction of sp³-hybridized carbons (Fsp3) is 0.217. The molecule has 2 aromatic carbocycles. The third kappa shape index (κ3) is 4.25. The molecule has 3 aromatic rings. The molecule has 0 unspecified atom stereocenters. The molecule has 0 saturated carbocycles. The van der Waals surface area contributed by atoms with Crippen LogP contribution < -0.4 is 11.1 Å². The SMILES string of the molecule is CCOC(=O)c1cccc(N)c1NCc1ccc(-c2c(CC)c[nH]c2C#N)cc1. The van der Waals surface area contributed by atoms with Gasteiger partial charge in [0.25, 0.3) is 0 Å². The van der Waals surface area contributed by atoms with Gasteiger partial charge >= 0.3 is 5.97 Å². The first kappa shape index (κ1) is 20.0. The second-order valence-electron chi connectivity index (χ2n) is 6.57. The number of carbonyl (C=O) groups is 1. The summed E-state index contributed by atoms with van der Waals surface area (Å²) in [4.78, 5) is 15.2. The molecule has 0 aliphatic heterocycles. The molecule has 0 atom stereocenters. The highest BCUT2D eigenvalue weighted by Crippen LogP contribution is 2.29. The number of aryl methyl sites for hydroxylation is 1. The van der Waals surface area contributed by atoms with Crippen molar-refractivity contribution >= 4 is 17.3 Å². The molecule has 0 fully saturated rings. The summed E-state index contributed by atoms with van der Waals surface area (Å²) in [6.07, 6.45) is 2.74. The number of hydrogen-bond donors (Lipinski definition) is 3. The maximum Gasteiger partial charge on any atom is 0.340 e. The third-order valence-electron chi connectivity index (χ3n) is 4.76. The zero-order valence-corrected chi connectivity index (χ0v) is 16.6. The van der Waals surface area contributed by atoms with Gasteiger partial charge in [0, 0.05) is 18.3 Å². The van der Waals surface area contributed by atoms with Crippen LogP contribution in [0, 0.1) is 11.3 Å². The Balaban J connectivity index is 1.80. The highest BCUT2D eigenvalue weighted by atomic mass is 16.5. The molecule has 148 valence electrons. The lowest BCUT2D eigenvalue weighted by Crippen LogP contribution is -2.11. The number of aromatic amines is 1. The average Bonchev–Trinajstić information content (AvgIpc) is 3.16. The molecule has 0 spiro atoms. The average molecular weight is 388 g/mol. The molecule has 4 N–H and O–H groups in total. The molecule has 0 aliphatic rings. The second kappa shape index (κ2) is 8.98. The van der Waals surface area contributed by atoms with Crippen molar-refractivity contribution < 1.29 is 9.53 Å². The standard InChI is InChI=1S/C23H24N4O2/c1-3-16-14-26-20(12-24)21(16)17-10-8-15(9-11-17)13-27-22-18(23(28)29-4-2)6-5-7-19(22)25/h5-11,14,26-27H,3-4,13,25H2,1-2H3. The Morgan fingerprint density at radius 2 is 1.97 bits per heavy atom. The van der Waals surface area contributed by atoms with Crippen LogP contribution in [0.5, 0.6) is 0 Å². The lowest BCUT2D eigenvalue weighted by atomic mass is 9.99. The van der Waals surface area contributed by atoms with Crippen molar-refractivity contribution in [2.45, 2.75) is 26.8 Å². The Morgan fingerprint density at radius 3 is 2.62 bits per heavy atom. The van der Waals surface area contributed by atoms with Crippen molar-refractivity contribution in [2.75, 3.05) is 17.7 Å². The van der Waals surface area contributed by atoms with Crippen LogP contribution in [-0.2, 0) is 17.7 Å². The number of nitrogens with zero attached hydrogens (tertiary/aromatic N) is 1. The van der Waals surface area contributed by atoms with Crippen molar-refractivity contribution in [1.29, 1.82) is 5.26 Å². The summed E-state index contributed by atoms with van der Waals surface area (Å²) in [5.74, 6) is -0.402. The van der Waals surface area contributed by atoms with Crippen LogP contribution in [0.1, 0.15) is 41.0 Å². The summed E-state index contributed by atoms with van der Waals surface area (Å²) >= 11 is 0. The van der Waals surface area contributed by atoms with Crippen molar-refractivity contribution in [3.05, 3.63) is 71.0 Å². The Kier molecular flexibility index (Phi) is 6.20. The summed E-state index contributed by atoms with van der Waals surface area (Å²) in [7, 11) is 0. The number of anilines is 2. The van der Waals surface area contributed by atoms with Gasteiger partial charge in [-0.05, 0) is 42.2 Å². The monoisotopic (exact) mass is 388 g/mol. The molecule has 6 heteroatoms. The Bertz CT molecular complexity index is 1050. The number of nitrogens with one attached hydrogen (secondary N) is 2. The lowest BCUT2D eigenvalue weighted by molar-refractivity contribution is 0.0527.